The van der Waals surface area contributed by atoms with E-state index in [1.54, 1.807) is 6.07 Å². The highest BCUT2D eigenvalue weighted by atomic mass is 19.1. The average Bonchev–Trinajstić information content (AvgIpc) is 2.31. The Hall–Kier alpha value is -0.890. The zero-order valence-electron chi connectivity index (χ0n) is 12.3. The first-order chi connectivity index (χ1) is 8.36. The summed E-state index contributed by atoms with van der Waals surface area (Å²) in [5, 5.41) is 3.50. The number of benzene rings is 1. The highest BCUT2D eigenvalue weighted by molar-refractivity contribution is 5.27. The molecular weight excluding hydrogens is 225 g/mol. The predicted octanol–water partition coefficient (Wildman–Crippen LogP) is 4.09. The van der Waals surface area contributed by atoms with Gasteiger partial charge in [0, 0.05) is 12.6 Å². The highest BCUT2D eigenvalue weighted by Gasteiger charge is 2.23. The maximum absolute atomic E-state index is 13.3. The van der Waals surface area contributed by atoms with Crippen molar-refractivity contribution in [3.05, 3.63) is 35.1 Å². The Morgan fingerprint density at radius 2 is 2.00 bits per heavy atom. The van der Waals surface area contributed by atoms with Gasteiger partial charge in [-0.25, -0.2) is 4.39 Å². The lowest BCUT2D eigenvalue weighted by Gasteiger charge is -2.30. The molecule has 0 heterocycles. The summed E-state index contributed by atoms with van der Waals surface area (Å²) < 4.78 is 13.3. The van der Waals surface area contributed by atoms with Crippen molar-refractivity contribution in [2.45, 2.75) is 53.5 Å². The van der Waals surface area contributed by atoms with Crippen LogP contribution in [-0.4, -0.2) is 12.6 Å². The first-order valence-corrected chi connectivity index (χ1v) is 6.85. The monoisotopic (exact) mass is 251 g/mol. The minimum absolute atomic E-state index is 0.133. The second-order valence-corrected chi connectivity index (χ2v) is 5.95. The third kappa shape index (κ3) is 4.41. The van der Waals surface area contributed by atoms with Crippen molar-refractivity contribution in [1.29, 1.82) is 0 Å². The van der Waals surface area contributed by atoms with E-state index in [9.17, 15) is 4.39 Å². The second kappa shape index (κ2) is 6.33. The first kappa shape index (κ1) is 15.2. The van der Waals surface area contributed by atoms with Crippen LogP contribution in [0.5, 0.6) is 0 Å². The molecule has 1 N–H and O–H groups in total. The second-order valence-electron chi connectivity index (χ2n) is 5.95. The molecule has 0 bridgehead atoms. The molecule has 0 saturated heterocycles. The van der Waals surface area contributed by atoms with Crippen LogP contribution < -0.4 is 5.32 Å². The van der Waals surface area contributed by atoms with Gasteiger partial charge in [0.25, 0.3) is 0 Å². The molecule has 0 fully saturated rings. The van der Waals surface area contributed by atoms with E-state index in [0.29, 0.717) is 6.04 Å². The van der Waals surface area contributed by atoms with E-state index >= 15 is 0 Å². The van der Waals surface area contributed by atoms with E-state index in [0.717, 1.165) is 24.9 Å². The molecule has 1 aromatic rings. The zero-order valence-corrected chi connectivity index (χ0v) is 12.3. The van der Waals surface area contributed by atoms with E-state index in [-0.39, 0.29) is 11.2 Å². The van der Waals surface area contributed by atoms with Crippen molar-refractivity contribution in [2.75, 3.05) is 6.54 Å². The molecule has 0 aliphatic heterocycles. The molecule has 0 spiro atoms. The van der Waals surface area contributed by atoms with Crippen LogP contribution in [0.15, 0.2) is 18.2 Å². The maximum Gasteiger partial charge on any atom is 0.123 e. The number of hydrogen-bond acceptors (Lipinski definition) is 1. The molecule has 0 amide bonds. The predicted molar refractivity (Wildman–Crippen MR) is 76.4 cm³/mol. The Bertz CT molecular complexity index is 387. The van der Waals surface area contributed by atoms with Gasteiger partial charge in [-0.15, -0.1) is 0 Å². The lowest BCUT2D eigenvalue weighted by atomic mass is 9.80. The minimum Gasteiger partial charge on any atom is -0.314 e. The molecule has 0 aromatic heterocycles. The molecule has 1 aromatic carbocycles. The van der Waals surface area contributed by atoms with Crippen LogP contribution in [0.1, 0.15) is 45.2 Å². The van der Waals surface area contributed by atoms with Gasteiger partial charge >= 0.3 is 0 Å². The van der Waals surface area contributed by atoms with E-state index in [1.807, 2.05) is 6.07 Å². The van der Waals surface area contributed by atoms with Gasteiger partial charge in [0.05, 0.1) is 0 Å². The normalized spacial score (nSPS) is 14.8. The van der Waals surface area contributed by atoms with E-state index in [4.69, 9.17) is 0 Å². The summed E-state index contributed by atoms with van der Waals surface area (Å²) in [7, 11) is 0. The van der Waals surface area contributed by atoms with Gasteiger partial charge in [-0.3, -0.25) is 0 Å². The molecule has 0 aliphatic rings. The van der Waals surface area contributed by atoms with Crippen LogP contribution in [-0.2, 0) is 6.42 Å². The molecular formula is C16H26FN. The summed E-state index contributed by atoms with van der Waals surface area (Å²) in [4.78, 5) is 0. The van der Waals surface area contributed by atoms with Crippen molar-refractivity contribution in [3.8, 4) is 0 Å². The molecule has 0 aliphatic carbocycles. The molecule has 1 nitrogen and oxygen atoms in total. The molecule has 2 heteroatoms. The summed E-state index contributed by atoms with van der Waals surface area (Å²) in [5.74, 6) is -0.133. The molecule has 102 valence electrons. The quantitative estimate of drug-likeness (QED) is 0.803. The summed E-state index contributed by atoms with van der Waals surface area (Å²) in [6.07, 6.45) is 2.01. The molecule has 1 rings (SSSR count). The summed E-state index contributed by atoms with van der Waals surface area (Å²) in [6, 6.07) is 5.58. The SMILES string of the molecule is CCC(C)(CNC(C)C)Cc1cc(F)ccc1C. The van der Waals surface area contributed by atoms with Crippen LogP contribution in [0, 0.1) is 18.2 Å². The van der Waals surface area contributed by atoms with Crippen molar-refractivity contribution in [2.24, 2.45) is 5.41 Å². The van der Waals surface area contributed by atoms with Gasteiger partial charge in [0.2, 0.25) is 0 Å². The fraction of sp³-hybridized carbons (Fsp3) is 0.625. The Kier molecular flexibility index (Phi) is 5.33. The van der Waals surface area contributed by atoms with Crippen LogP contribution in [0.3, 0.4) is 0 Å². The number of halogens is 1. The minimum atomic E-state index is -0.133. The lowest BCUT2D eigenvalue weighted by molar-refractivity contribution is 0.280. The summed E-state index contributed by atoms with van der Waals surface area (Å²) in [6.45, 7) is 11.8. The van der Waals surface area contributed by atoms with Gasteiger partial charge in [-0.1, -0.05) is 33.8 Å². The Morgan fingerprint density at radius 3 is 2.56 bits per heavy atom. The van der Waals surface area contributed by atoms with Crippen LogP contribution in [0.2, 0.25) is 0 Å². The van der Waals surface area contributed by atoms with Crippen LogP contribution >= 0.6 is 0 Å². The average molecular weight is 251 g/mol. The molecule has 0 saturated carbocycles. The Balaban J connectivity index is 2.80. The van der Waals surface area contributed by atoms with E-state index < -0.39 is 0 Å². The largest absolute Gasteiger partial charge is 0.314 e. The van der Waals surface area contributed by atoms with Gasteiger partial charge in [-0.05, 0) is 48.4 Å². The third-order valence-electron chi connectivity index (χ3n) is 3.72. The van der Waals surface area contributed by atoms with Crippen molar-refractivity contribution in [3.63, 3.8) is 0 Å². The van der Waals surface area contributed by atoms with Crippen LogP contribution in [0.4, 0.5) is 4.39 Å². The van der Waals surface area contributed by atoms with Gasteiger partial charge in [-0.2, -0.15) is 0 Å². The molecule has 1 unspecified atom stereocenters. The van der Waals surface area contributed by atoms with E-state index in [2.05, 4.69) is 39.9 Å². The maximum atomic E-state index is 13.3. The fourth-order valence-electron chi connectivity index (χ4n) is 2.05. The first-order valence-electron chi connectivity index (χ1n) is 6.85. The van der Waals surface area contributed by atoms with Crippen molar-refractivity contribution in [1.82, 2.24) is 5.32 Å². The van der Waals surface area contributed by atoms with Gasteiger partial charge < -0.3 is 5.32 Å². The van der Waals surface area contributed by atoms with Crippen molar-refractivity contribution >= 4 is 0 Å². The number of hydrogen-bond donors (Lipinski definition) is 1. The fourth-order valence-corrected chi connectivity index (χ4v) is 2.05. The summed E-state index contributed by atoms with van der Waals surface area (Å²) >= 11 is 0. The lowest BCUT2D eigenvalue weighted by Crippen LogP contribution is -2.36. The number of rotatable bonds is 6. The Morgan fingerprint density at radius 1 is 1.33 bits per heavy atom. The number of nitrogens with one attached hydrogen (secondary N) is 1. The molecule has 1 atom stereocenters. The topological polar surface area (TPSA) is 12.0 Å². The summed E-state index contributed by atoms with van der Waals surface area (Å²) in [5.41, 5.74) is 2.49. The van der Waals surface area contributed by atoms with E-state index in [1.165, 1.54) is 11.6 Å². The van der Waals surface area contributed by atoms with Crippen molar-refractivity contribution < 1.29 is 4.39 Å². The number of aryl methyl sites for hydroxylation is 1. The Labute approximate surface area is 111 Å². The highest BCUT2D eigenvalue weighted by Crippen LogP contribution is 2.27. The molecule has 18 heavy (non-hydrogen) atoms. The van der Waals surface area contributed by atoms with Gasteiger partial charge in [0.1, 0.15) is 5.82 Å². The molecule has 0 radical (unpaired) electrons. The standard InChI is InChI=1S/C16H26FN/c1-6-16(5,11-18-12(2)3)10-14-9-15(17)8-7-13(14)4/h7-9,12,18H,6,10-11H2,1-5H3. The van der Waals surface area contributed by atoms with Gasteiger partial charge in [0.15, 0.2) is 0 Å². The van der Waals surface area contributed by atoms with Crippen LogP contribution in [0.25, 0.3) is 0 Å². The third-order valence-corrected chi connectivity index (χ3v) is 3.72. The smallest absolute Gasteiger partial charge is 0.123 e. The zero-order chi connectivity index (χ0) is 13.8.